The lowest BCUT2D eigenvalue weighted by molar-refractivity contribution is 0.411. The van der Waals surface area contributed by atoms with Crippen LogP contribution < -0.4 is 10.1 Å². The highest BCUT2D eigenvalue weighted by Gasteiger charge is 2.01. The van der Waals surface area contributed by atoms with Crippen LogP contribution in [0.3, 0.4) is 0 Å². The number of benzene rings is 2. The number of rotatable bonds is 4. The zero-order valence-corrected chi connectivity index (χ0v) is 10.7. The highest BCUT2D eigenvalue weighted by atomic mass is 35.5. The van der Waals surface area contributed by atoms with Crippen molar-refractivity contribution < 1.29 is 9.13 Å². The first kappa shape index (κ1) is 12.7. The minimum atomic E-state index is -0.326. The summed E-state index contributed by atoms with van der Waals surface area (Å²) in [5.74, 6) is 0.168. The first-order valence-electron chi connectivity index (χ1n) is 5.50. The zero-order valence-electron chi connectivity index (χ0n) is 9.91. The van der Waals surface area contributed by atoms with E-state index in [1.54, 1.807) is 6.07 Å². The van der Waals surface area contributed by atoms with Crippen molar-refractivity contribution in [3.8, 4) is 5.75 Å². The fraction of sp³-hybridized carbons (Fsp3) is 0.143. The van der Waals surface area contributed by atoms with Gasteiger partial charge in [-0.05, 0) is 23.8 Å². The summed E-state index contributed by atoms with van der Waals surface area (Å²) in [6.45, 7) is 0.601. The van der Waals surface area contributed by atoms with Crippen molar-refractivity contribution in [3.63, 3.8) is 0 Å². The summed E-state index contributed by atoms with van der Waals surface area (Å²) in [4.78, 5) is 0. The molecule has 0 unspecified atom stereocenters. The molecule has 0 aliphatic heterocycles. The van der Waals surface area contributed by atoms with Gasteiger partial charge in [-0.1, -0.05) is 23.7 Å². The van der Waals surface area contributed by atoms with Gasteiger partial charge >= 0.3 is 0 Å². The van der Waals surface area contributed by atoms with E-state index in [2.05, 4.69) is 5.32 Å². The molecule has 2 nitrogen and oxygen atoms in total. The second-order valence-electron chi connectivity index (χ2n) is 3.86. The third-order valence-electron chi connectivity index (χ3n) is 2.52. The maximum Gasteiger partial charge on any atom is 0.128 e. The van der Waals surface area contributed by atoms with Crippen molar-refractivity contribution >= 4 is 17.3 Å². The number of nitrogens with one attached hydrogen (secondary N) is 1. The monoisotopic (exact) mass is 265 g/mol. The number of anilines is 1. The minimum absolute atomic E-state index is 0.326. The number of hydrogen-bond acceptors (Lipinski definition) is 2. The maximum atomic E-state index is 13.3. The molecule has 0 radical (unpaired) electrons. The van der Waals surface area contributed by atoms with Gasteiger partial charge in [0.15, 0.2) is 0 Å². The molecule has 0 saturated heterocycles. The van der Waals surface area contributed by atoms with E-state index in [1.807, 2.05) is 24.3 Å². The lowest BCUT2D eigenvalue weighted by atomic mass is 10.2. The molecule has 0 aliphatic rings. The number of hydrogen-bond donors (Lipinski definition) is 1. The molecule has 1 N–H and O–H groups in total. The van der Waals surface area contributed by atoms with E-state index in [4.69, 9.17) is 16.3 Å². The predicted octanol–water partition coefficient (Wildman–Crippen LogP) is 4.10. The molecule has 18 heavy (non-hydrogen) atoms. The van der Waals surface area contributed by atoms with Gasteiger partial charge in [0, 0.05) is 29.4 Å². The molecule has 0 fully saturated rings. The number of ether oxygens (including phenoxy) is 1. The van der Waals surface area contributed by atoms with Crippen LogP contribution in [-0.4, -0.2) is 7.11 Å². The Morgan fingerprint density at radius 3 is 2.56 bits per heavy atom. The van der Waals surface area contributed by atoms with Crippen LogP contribution in [0.4, 0.5) is 10.1 Å². The topological polar surface area (TPSA) is 21.3 Å². The Bertz CT molecular complexity index is 528. The van der Waals surface area contributed by atoms with Crippen molar-refractivity contribution in [2.45, 2.75) is 6.54 Å². The molecule has 0 amide bonds. The molecule has 0 aliphatic carbocycles. The first-order chi connectivity index (χ1) is 8.67. The van der Waals surface area contributed by atoms with Crippen LogP contribution >= 0.6 is 11.6 Å². The fourth-order valence-corrected chi connectivity index (χ4v) is 1.72. The highest BCUT2D eigenvalue weighted by molar-refractivity contribution is 6.30. The largest absolute Gasteiger partial charge is 0.497 e. The molecule has 0 saturated carbocycles. The van der Waals surface area contributed by atoms with Gasteiger partial charge in [-0.3, -0.25) is 0 Å². The average Bonchev–Trinajstić information content (AvgIpc) is 2.37. The second-order valence-corrected chi connectivity index (χ2v) is 4.30. The Morgan fingerprint density at radius 2 is 1.89 bits per heavy atom. The van der Waals surface area contributed by atoms with Crippen molar-refractivity contribution in [3.05, 3.63) is 58.9 Å². The third-order valence-corrected chi connectivity index (χ3v) is 2.77. The molecule has 2 aromatic rings. The van der Waals surface area contributed by atoms with Crippen LogP contribution in [0.25, 0.3) is 0 Å². The van der Waals surface area contributed by atoms with Gasteiger partial charge in [0.2, 0.25) is 0 Å². The van der Waals surface area contributed by atoms with E-state index in [9.17, 15) is 4.39 Å². The molecule has 4 heteroatoms. The number of halogens is 2. The van der Waals surface area contributed by atoms with Gasteiger partial charge in [-0.15, -0.1) is 0 Å². The van der Waals surface area contributed by atoms with Crippen molar-refractivity contribution in [1.29, 1.82) is 0 Å². The summed E-state index contributed by atoms with van der Waals surface area (Å²) < 4.78 is 18.3. The van der Waals surface area contributed by atoms with Crippen LogP contribution in [0.5, 0.6) is 5.75 Å². The molecule has 0 bridgehead atoms. The summed E-state index contributed by atoms with van der Waals surface area (Å²) in [6.07, 6.45) is 0. The van der Waals surface area contributed by atoms with Crippen LogP contribution in [0.15, 0.2) is 42.5 Å². The average molecular weight is 266 g/mol. The van der Waals surface area contributed by atoms with E-state index in [0.717, 1.165) is 5.56 Å². The summed E-state index contributed by atoms with van der Waals surface area (Å²) in [6, 6.07) is 12.0. The maximum absolute atomic E-state index is 13.3. The Morgan fingerprint density at radius 1 is 1.17 bits per heavy atom. The Kier molecular flexibility index (Phi) is 4.05. The van der Waals surface area contributed by atoms with Crippen molar-refractivity contribution in [2.24, 2.45) is 0 Å². The van der Waals surface area contributed by atoms with Gasteiger partial charge < -0.3 is 10.1 Å². The van der Waals surface area contributed by atoms with Gasteiger partial charge in [0.05, 0.1) is 7.11 Å². The Labute approximate surface area is 110 Å². The Balaban J connectivity index is 2.05. The fourth-order valence-electron chi connectivity index (χ4n) is 1.59. The summed E-state index contributed by atoms with van der Waals surface area (Å²) in [5, 5.41) is 3.83. The van der Waals surface area contributed by atoms with Crippen LogP contribution in [0, 0.1) is 5.82 Å². The summed E-state index contributed by atoms with van der Waals surface area (Å²) in [5.41, 5.74) is 1.75. The van der Waals surface area contributed by atoms with Crippen molar-refractivity contribution in [2.75, 3.05) is 12.4 Å². The standard InChI is InChI=1S/C14H13ClFNO/c1-18-14-7-12(16)6-13(8-14)17-9-10-2-4-11(15)5-3-10/h2-8,17H,9H2,1H3. The Hall–Kier alpha value is -1.74. The predicted molar refractivity (Wildman–Crippen MR) is 71.7 cm³/mol. The SMILES string of the molecule is COc1cc(F)cc(NCc2ccc(Cl)cc2)c1. The van der Waals surface area contributed by atoms with Crippen LogP contribution in [-0.2, 0) is 6.54 Å². The smallest absolute Gasteiger partial charge is 0.128 e. The van der Waals surface area contributed by atoms with Gasteiger partial charge in [-0.25, -0.2) is 4.39 Å². The van der Waals surface area contributed by atoms with Crippen molar-refractivity contribution in [1.82, 2.24) is 0 Å². The third kappa shape index (κ3) is 3.37. The molecule has 0 atom stereocenters. The summed E-state index contributed by atoms with van der Waals surface area (Å²) >= 11 is 5.80. The van der Waals surface area contributed by atoms with Gasteiger partial charge in [-0.2, -0.15) is 0 Å². The minimum Gasteiger partial charge on any atom is -0.497 e. The van der Waals surface area contributed by atoms with E-state index >= 15 is 0 Å². The first-order valence-corrected chi connectivity index (χ1v) is 5.88. The highest BCUT2D eigenvalue weighted by Crippen LogP contribution is 2.20. The van der Waals surface area contributed by atoms with E-state index in [0.29, 0.717) is 23.0 Å². The van der Waals surface area contributed by atoms with E-state index in [-0.39, 0.29) is 5.82 Å². The molecule has 2 rings (SSSR count). The quantitative estimate of drug-likeness (QED) is 0.899. The van der Waals surface area contributed by atoms with E-state index in [1.165, 1.54) is 19.2 Å². The lowest BCUT2D eigenvalue weighted by Gasteiger charge is -2.08. The van der Waals surface area contributed by atoms with Crippen LogP contribution in [0.2, 0.25) is 5.02 Å². The summed E-state index contributed by atoms with van der Waals surface area (Å²) in [7, 11) is 1.51. The molecular formula is C14H13ClFNO. The molecule has 0 aromatic heterocycles. The van der Waals surface area contributed by atoms with Gasteiger partial charge in [0.1, 0.15) is 11.6 Å². The molecule has 0 heterocycles. The van der Waals surface area contributed by atoms with E-state index < -0.39 is 0 Å². The molecule has 2 aromatic carbocycles. The van der Waals surface area contributed by atoms with Gasteiger partial charge in [0.25, 0.3) is 0 Å². The molecule has 94 valence electrons. The lowest BCUT2D eigenvalue weighted by Crippen LogP contribution is -2.00. The second kappa shape index (κ2) is 5.74. The normalized spacial score (nSPS) is 10.2. The number of methoxy groups -OCH3 is 1. The van der Waals surface area contributed by atoms with Crippen LogP contribution in [0.1, 0.15) is 5.56 Å². The molecular weight excluding hydrogens is 253 g/mol. The molecule has 0 spiro atoms. The zero-order chi connectivity index (χ0) is 13.0.